The van der Waals surface area contributed by atoms with Crippen LogP contribution in [-0.4, -0.2) is 25.2 Å². The SMILES string of the molecule is CCC1CCOC(=O)CC1.CCC1COC(=O)CC(C)C1. The molecule has 0 aromatic rings. The Morgan fingerprint density at radius 1 is 1.00 bits per heavy atom. The van der Waals surface area contributed by atoms with Gasteiger partial charge in [-0.15, -0.1) is 0 Å². The number of carbonyl (C=O) groups excluding carboxylic acids is 2. The second-order valence-corrected chi connectivity index (χ2v) is 6.32. The molecule has 3 unspecified atom stereocenters. The van der Waals surface area contributed by atoms with Gasteiger partial charge in [0.15, 0.2) is 0 Å². The van der Waals surface area contributed by atoms with Gasteiger partial charge < -0.3 is 9.47 Å². The topological polar surface area (TPSA) is 52.6 Å². The van der Waals surface area contributed by atoms with Gasteiger partial charge in [0.1, 0.15) is 0 Å². The van der Waals surface area contributed by atoms with Crippen molar-refractivity contribution in [3.63, 3.8) is 0 Å². The molecule has 0 amide bonds. The molecular weight excluding hydrogens is 268 g/mol. The van der Waals surface area contributed by atoms with Crippen molar-refractivity contribution < 1.29 is 19.1 Å². The molecule has 3 atom stereocenters. The van der Waals surface area contributed by atoms with Crippen LogP contribution in [0.15, 0.2) is 0 Å². The first-order valence-electron chi connectivity index (χ1n) is 8.36. The summed E-state index contributed by atoms with van der Waals surface area (Å²) in [7, 11) is 0. The van der Waals surface area contributed by atoms with E-state index in [9.17, 15) is 9.59 Å². The highest BCUT2D eigenvalue weighted by Crippen LogP contribution is 2.22. The predicted molar refractivity (Wildman–Crippen MR) is 81.7 cm³/mol. The Kier molecular flexibility index (Phi) is 8.40. The lowest BCUT2D eigenvalue weighted by Crippen LogP contribution is -2.07. The van der Waals surface area contributed by atoms with Crippen LogP contribution < -0.4 is 0 Å². The maximum atomic E-state index is 10.9. The number of hydrogen-bond donors (Lipinski definition) is 0. The van der Waals surface area contributed by atoms with Crippen molar-refractivity contribution in [2.75, 3.05) is 13.2 Å². The molecule has 122 valence electrons. The van der Waals surface area contributed by atoms with Gasteiger partial charge in [-0.3, -0.25) is 9.59 Å². The molecule has 0 radical (unpaired) electrons. The lowest BCUT2D eigenvalue weighted by atomic mass is 9.93. The van der Waals surface area contributed by atoms with E-state index in [2.05, 4.69) is 20.8 Å². The van der Waals surface area contributed by atoms with Gasteiger partial charge in [0, 0.05) is 12.8 Å². The normalized spacial score (nSPS) is 30.1. The van der Waals surface area contributed by atoms with Crippen LogP contribution in [0.3, 0.4) is 0 Å². The Morgan fingerprint density at radius 2 is 1.71 bits per heavy atom. The van der Waals surface area contributed by atoms with E-state index < -0.39 is 0 Å². The monoisotopic (exact) mass is 298 g/mol. The molecule has 2 aliphatic rings. The van der Waals surface area contributed by atoms with E-state index in [1.54, 1.807) is 0 Å². The van der Waals surface area contributed by atoms with E-state index in [1.165, 1.54) is 6.42 Å². The van der Waals surface area contributed by atoms with Crippen LogP contribution in [0.5, 0.6) is 0 Å². The fourth-order valence-corrected chi connectivity index (χ4v) is 2.85. The largest absolute Gasteiger partial charge is 0.466 e. The number of hydrogen-bond acceptors (Lipinski definition) is 4. The van der Waals surface area contributed by atoms with Gasteiger partial charge in [-0.1, -0.05) is 33.6 Å². The summed E-state index contributed by atoms with van der Waals surface area (Å²) >= 11 is 0. The third kappa shape index (κ3) is 7.49. The molecule has 2 aliphatic heterocycles. The van der Waals surface area contributed by atoms with Crippen molar-refractivity contribution in [3.8, 4) is 0 Å². The van der Waals surface area contributed by atoms with E-state index in [0.717, 1.165) is 25.7 Å². The van der Waals surface area contributed by atoms with Crippen LogP contribution in [0.1, 0.15) is 65.7 Å². The van der Waals surface area contributed by atoms with E-state index in [-0.39, 0.29) is 11.9 Å². The Labute approximate surface area is 128 Å². The number of cyclic esters (lactones) is 2. The predicted octanol–water partition coefficient (Wildman–Crippen LogP) is 3.73. The van der Waals surface area contributed by atoms with Crippen LogP contribution in [0.2, 0.25) is 0 Å². The maximum Gasteiger partial charge on any atom is 0.306 e. The highest BCUT2D eigenvalue weighted by molar-refractivity contribution is 5.70. The highest BCUT2D eigenvalue weighted by Gasteiger charge is 2.21. The minimum atomic E-state index is -0.0200. The van der Waals surface area contributed by atoms with Gasteiger partial charge in [-0.2, -0.15) is 0 Å². The number of carbonyl (C=O) groups is 2. The Morgan fingerprint density at radius 3 is 2.38 bits per heavy atom. The van der Waals surface area contributed by atoms with Gasteiger partial charge >= 0.3 is 11.9 Å². The summed E-state index contributed by atoms with van der Waals surface area (Å²) in [5.74, 6) is 1.78. The molecule has 4 nitrogen and oxygen atoms in total. The van der Waals surface area contributed by atoms with Crippen LogP contribution in [-0.2, 0) is 19.1 Å². The second-order valence-electron chi connectivity index (χ2n) is 6.32. The van der Waals surface area contributed by atoms with Crippen molar-refractivity contribution in [1.82, 2.24) is 0 Å². The standard InChI is InChI=1S/C9H16O2.C8H14O2/c1-3-8-4-7(2)5-9(10)11-6-8;1-2-7-3-4-8(9)10-6-5-7/h7-8H,3-6H2,1-2H3;7H,2-6H2,1H3. The summed E-state index contributed by atoms with van der Waals surface area (Å²) in [5, 5.41) is 0. The Bertz CT molecular complexity index is 327. The van der Waals surface area contributed by atoms with Gasteiger partial charge in [0.25, 0.3) is 0 Å². The fourth-order valence-electron chi connectivity index (χ4n) is 2.85. The van der Waals surface area contributed by atoms with Crippen LogP contribution in [0.25, 0.3) is 0 Å². The molecule has 0 saturated carbocycles. The van der Waals surface area contributed by atoms with E-state index in [0.29, 0.717) is 43.8 Å². The van der Waals surface area contributed by atoms with E-state index in [1.807, 2.05) is 0 Å². The van der Waals surface area contributed by atoms with E-state index >= 15 is 0 Å². The zero-order valence-electron chi connectivity index (χ0n) is 13.7. The van der Waals surface area contributed by atoms with Gasteiger partial charge in [0.05, 0.1) is 13.2 Å². The highest BCUT2D eigenvalue weighted by atomic mass is 16.5. The molecule has 4 heteroatoms. The molecule has 0 aromatic carbocycles. The zero-order chi connectivity index (χ0) is 15.7. The minimum absolute atomic E-state index is 0.0176. The molecule has 2 saturated heterocycles. The molecule has 0 N–H and O–H groups in total. The average Bonchev–Trinajstić information content (AvgIpc) is 2.77. The number of ether oxygens (including phenoxy) is 2. The molecule has 2 rings (SSSR count). The van der Waals surface area contributed by atoms with Gasteiger partial charge in [-0.25, -0.2) is 0 Å². The van der Waals surface area contributed by atoms with E-state index in [4.69, 9.17) is 9.47 Å². The van der Waals surface area contributed by atoms with Crippen molar-refractivity contribution in [3.05, 3.63) is 0 Å². The van der Waals surface area contributed by atoms with Gasteiger partial charge in [-0.05, 0) is 37.0 Å². The smallest absolute Gasteiger partial charge is 0.306 e. The van der Waals surface area contributed by atoms with Crippen molar-refractivity contribution in [2.45, 2.75) is 65.7 Å². The second kappa shape index (κ2) is 9.80. The number of esters is 2. The fraction of sp³-hybridized carbons (Fsp3) is 0.882. The average molecular weight is 298 g/mol. The molecule has 2 fully saturated rings. The lowest BCUT2D eigenvalue weighted by Gasteiger charge is -2.11. The maximum absolute atomic E-state index is 10.9. The Hall–Kier alpha value is -1.06. The first-order valence-corrected chi connectivity index (χ1v) is 8.36. The van der Waals surface area contributed by atoms with Gasteiger partial charge in [0.2, 0.25) is 0 Å². The molecule has 0 spiro atoms. The third-order valence-corrected chi connectivity index (χ3v) is 4.43. The quantitative estimate of drug-likeness (QED) is 0.729. The molecule has 0 aromatic heterocycles. The Balaban J connectivity index is 0.000000211. The summed E-state index contributed by atoms with van der Waals surface area (Å²) in [4.78, 5) is 21.7. The van der Waals surface area contributed by atoms with Crippen molar-refractivity contribution in [2.24, 2.45) is 17.8 Å². The summed E-state index contributed by atoms with van der Waals surface area (Å²) < 4.78 is 9.93. The van der Waals surface area contributed by atoms with Crippen LogP contribution in [0.4, 0.5) is 0 Å². The summed E-state index contributed by atoms with van der Waals surface area (Å²) in [6.45, 7) is 7.71. The first-order chi connectivity index (χ1) is 10.0. The summed E-state index contributed by atoms with van der Waals surface area (Å²) in [6, 6.07) is 0. The van der Waals surface area contributed by atoms with Crippen molar-refractivity contribution >= 4 is 11.9 Å². The summed E-state index contributed by atoms with van der Waals surface area (Å²) in [6.07, 6.45) is 6.75. The molecule has 21 heavy (non-hydrogen) atoms. The molecule has 0 aliphatic carbocycles. The molecular formula is C17H30O4. The molecule has 2 heterocycles. The van der Waals surface area contributed by atoms with Crippen molar-refractivity contribution in [1.29, 1.82) is 0 Å². The van der Waals surface area contributed by atoms with Crippen LogP contribution in [0, 0.1) is 17.8 Å². The zero-order valence-corrected chi connectivity index (χ0v) is 13.7. The summed E-state index contributed by atoms with van der Waals surface area (Å²) in [5.41, 5.74) is 0. The van der Waals surface area contributed by atoms with Crippen LogP contribution >= 0.6 is 0 Å². The third-order valence-electron chi connectivity index (χ3n) is 4.43. The lowest BCUT2D eigenvalue weighted by molar-refractivity contribution is -0.144. The number of rotatable bonds is 2. The first kappa shape index (κ1) is 18.0. The molecule has 0 bridgehead atoms. The minimum Gasteiger partial charge on any atom is -0.466 e.